The third kappa shape index (κ3) is 16.4. The van der Waals surface area contributed by atoms with Crippen LogP contribution in [-0.2, 0) is 9.59 Å². The minimum absolute atomic E-state index is 0.0694. The van der Waals surface area contributed by atoms with E-state index in [1.165, 1.54) is 0 Å². The average molecular weight is 687 g/mol. The Bertz CT molecular complexity index is 878. The Labute approximate surface area is 268 Å². The third-order valence-corrected chi connectivity index (χ3v) is 5.94. The summed E-state index contributed by atoms with van der Waals surface area (Å²) in [6, 6.07) is -3.67. The summed E-state index contributed by atoms with van der Waals surface area (Å²) in [4.78, 5) is 73.8. The Kier molecular flexibility index (Phi) is 23.0. The first-order chi connectivity index (χ1) is 22.5. The number of imide groups is 2. The summed E-state index contributed by atoms with van der Waals surface area (Å²) < 4.78 is 0. The van der Waals surface area contributed by atoms with Gasteiger partial charge in [0.25, 0.3) is 11.8 Å². The van der Waals surface area contributed by atoms with Crippen molar-refractivity contribution in [3.63, 3.8) is 0 Å². The number of hydrogen-bond donors (Lipinski definition) is 14. The monoisotopic (exact) mass is 686 g/mol. The number of urea groups is 4. The lowest BCUT2D eigenvalue weighted by Crippen LogP contribution is -2.56. The van der Waals surface area contributed by atoms with Crippen molar-refractivity contribution in [1.82, 2.24) is 51.5 Å². The Morgan fingerprint density at radius 3 is 1.06 bits per heavy atom. The molecule has 0 spiro atoms. The van der Waals surface area contributed by atoms with Crippen molar-refractivity contribution in [3.8, 4) is 0 Å². The van der Waals surface area contributed by atoms with Crippen LogP contribution >= 0.6 is 0 Å². The second-order valence-corrected chi connectivity index (χ2v) is 9.12. The van der Waals surface area contributed by atoms with Gasteiger partial charge in [-0.1, -0.05) is 0 Å². The van der Waals surface area contributed by atoms with Gasteiger partial charge in [-0.25, -0.2) is 19.2 Å². The predicted molar refractivity (Wildman–Crippen MR) is 156 cm³/mol. The lowest BCUT2D eigenvalue weighted by molar-refractivity contribution is -0.123. The molecule has 47 heavy (non-hydrogen) atoms. The SMILES string of the molecule is O=C(NCNC(=O)NC1C(=O)NC(=O)N1CO)NC1C(=O)NC(=O)N1CO.OCCN(CCO)CCO.OCCN(CCO)CCO. The molecule has 2 unspecified atom stereocenters. The van der Waals surface area contributed by atoms with Gasteiger partial charge < -0.3 is 62.1 Å². The van der Waals surface area contributed by atoms with E-state index in [-0.39, 0.29) is 39.6 Å². The normalized spacial score (nSPS) is 17.1. The van der Waals surface area contributed by atoms with E-state index in [1.54, 1.807) is 9.80 Å². The lowest BCUT2D eigenvalue weighted by atomic mass is 10.4. The van der Waals surface area contributed by atoms with E-state index in [0.717, 1.165) is 0 Å². The van der Waals surface area contributed by atoms with Crippen molar-refractivity contribution in [3.05, 3.63) is 0 Å². The Balaban J connectivity index is 0.000000868. The van der Waals surface area contributed by atoms with E-state index < -0.39 is 68.4 Å². The topological polar surface area (TPSA) is 349 Å². The Hall–Kier alpha value is -3.98. The molecule has 2 saturated heterocycles. The molecule has 14 N–H and O–H groups in total. The molecule has 272 valence electrons. The molecule has 0 bridgehead atoms. The van der Waals surface area contributed by atoms with Crippen LogP contribution < -0.4 is 31.9 Å². The number of aliphatic hydroxyl groups excluding tert-OH is 8. The molecule has 0 aliphatic carbocycles. The summed E-state index contributed by atoms with van der Waals surface area (Å²) in [6.07, 6.45) is -2.86. The van der Waals surface area contributed by atoms with Gasteiger partial charge in [0.1, 0.15) is 13.5 Å². The maximum Gasteiger partial charge on any atom is 0.328 e. The van der Waals surface area contributed by atoms with Crippen molar-refractivity contribution in [2.24, 2.45) is 0 Å². The summed E-state index contributed by atoms with van der Waals surface area (Å²) in [5.74, 6) is -1.70. The summed E-state index contributed by atoms with van der Waals surface area (Å²) >= 11 is 0. The number of hydrogen-bond acceptors (Lipinski definition) is 16. The smallest absolute Gasteiger partial charge is 0.328 e. The van der Waals surface area contributed by atoms with Crippen LogP contribution in [0.2, 0.25) is 0 Å². The standard InChI is InChI=1S/C11H16N8O8.2C6H15NO3/c20-2-18-4(6(22)16-10(18)26)14-8(24)12-1-13-9(25)15-5-7(23)17-11(27)19(5)3-21;2*8-4-1-7(2-5-9)3-6-10/h4-5,20-21H,1-3H2,(H2,12,14,24)(H2,13,15,25)(H,16,22,26)(H,17,23,27);2*8-10H,1-6H2. The highest BCUT2D eigenvalue weighted by molar-refractivity contribution is 6.05. The molecule has 2 aliphatic rings. The minimum Gasteiger partial charge on any atom is -0.395 e. The number of aliphatic hydroxyl groups is 8. The summed E-state index contributed by atoms with van der Waals surface area (Å²) in [7, 11) is 0. The fourth-order valence-corrected chi connectivity index (χ4v) is 3.66. The number of amides is 10. The zero-order valence-corrected chi connectivity index (χ0v) is 25.6. The van der Waals surface area contributed by atoms with Crippen molar-refractivity contribution in [2.75, 3.05) is 99.0 Å². The first-order valence-electron chi connectivity index (χ1n) is 14.1. The molecule has 2 heterocycles. The van der Waals surface area contributed by atoms with Gasteiger partial charge in [0.15, 0.2) is 12.3 Å². The first-order valence-corrected chi connectivity index (χ1v) is 14.1. The maximum atomic E-state index is 11.7. The van der Waals surface area contributed by atoms with Crippen molar-refractivity contribution in [2.45, 2.75) is 12.3 Å². The van der Waals surface area contributed by atoms with E-state index in [0.29, 0.717) is 49.1 Å². The van der Waals surface area contributed by atoms with Gasteiger partial charge in [-0.05, 0) is 0 Å². The maximum absolute atomic E-state index is 11.7. The van der Waals surface area contributed by atoms with Crippen LogP contribution in [0.15, 0.2) is 0 Å². The first kappa shape index (κ1) is 43.0. The molecule has 2 rings (SSSR count). The summed E-state index contributed by atoms with van der Waals surface area (Å²) in [5, 5.41) is 81.1. The average Bonchev–Trinajstić information content (AvgIpc) is 3.45. The third-order valence-electron chi connectivity index (χ3n) is 5.94. The van der Waals surface area contributed by atoms with Gasteiger partial charge in [-0.3, -0.25) is 39.8 Å². The van der Waals surface area contributed by atoms with Gasteiger partial charge in [-0.2, -0.15) is 0 Å². The second-order valence-electron chi connectivity index (χ2n) is 9.12. The summed E-state index contributed by atoms with van der Waals surface area (Å²) in [5.41, 5.74) is 0. The van der Waals surface area contributed by atoms with Crippen LogP contribution in [0.5, 0.6) is 0 Å². The molecule has 0 saturated carbocycles. The molecule has 24 nitrogen and oxygen atoms in total. The Morgan fingerprint density at radius 1 is 0.553 bits per heavy atom. The quantitative estimate of drug-likeness (QED) is 0.0470. The molecule has 0 aromatic heterocycles. The van der Waals surface area contributed by atoms with E-state index in [9.17, 15) is 28.8 Å². The highest BCUT2D eigenvalue weighted by atomic mass is 16.3. The molecule has 2 aliphatic heterocycles. The number of rotatable bonds is 18. The largest absolute Gasteiger partial charge is 0.395 e. The van der Waals surface area contributed by atoms with Gasteiger partial charge in [-0.15, -0.1) is 0 Å². The van der Waals surface area contributed by atoms with E-state index in [4.69, 9.17) is 40.9 Å². The van der Waals surface area contributed by atoms with Gasteiger partial charge in [0, 0.05) is 39.3 Å². The molecule has 0 aromatic rings. The molecule has 24 heteroatoms. The molecule has 0 radical (unpaired) electrons. The van der Waals surface area contributed by atoms with E-state index >= 15 is 0 Å². The van der Waals surface area contributed by atoms with Crippen molar-refractivity contribution >= 4 is 35.9 Å². The molecular formula is C23H46N10O14. The van der Waals surface area contributed by atoms with Gasteiger partial charge in [0.05, 0.1) is 46.3 Å². The van der Waals surface area contributed by atoms with Crippen LogP contribution in [0, 0.1) is 0 Å². The van der Waals surface area contributed by atoms with E-state index in [2.05, 4.69) is 21.3 Å². The number of nitrogens with zero attached hydrogens (tertiary/aromatic N) is 4. The molecule has 2 atom stereocenters. The Morgan fingerprint density at radius 2 is 0.830 bits per heavy atom. The van der Waals surface area contributed by atoms with Crippen LogP contribution in [0.25, 0.3) is 0 Å². The zero-order valence-electron chi connectivity index (χ0n) is 25.6. The van der Waals surface area contributed by atoms with E-state index in [1.807, 2.05) is 10.6 Å². The fourth-order valence-electron chi connectivity index (χ4n) is 3.66. The van der Waals surface area contributed by atoms with Crippen LogP contribution in [0.3, 0.4) is 0 Å². The second kappa shape index (κ2) is 25.2. The van der Waals surface area contributed by atoms with Crippen LogP contribution in [-0.4, -0.2) is 208 Å². The van der Waals surface area contributed by atoms with Crippen LogP contribution in [0.4, 0.5) is 19.2 Å². The predicted octanol–water partition coefficient (Wildman–Crippen LogP) is -8.27. The zero-order chi connectivity index (χ0) is 35.8. The van der Waals surface area contributed by atoms with Gasteiger partial charge >= 0.3 is 24.1 Å². The number of carbonyl (C=O) groups is 6. The highest BCUT2D eigenvalue weighted by Crippen LogP contribution is 2.05. The number of nitrogens with one attached hydrogen (secondary N) is 6. The molecule has 2 fully saturated rings. The molecule has 10 amide bonds. The van der Waals surface area contributed by atoms with Crippen molar-refractivity contribution < 1.29 is 69.6 Å². The molecular weight excluding hydrogens is 640 g/mol. The highest BCUT2D eigenvalue weighted by Gasteiger charge is 2.40. The number of carbonyl (C=O) groups excluding carboxylic acids is 6. The summed E-state index contributed by atoms with van der Waals surface area (Å²) in [6.45, 7) is 1.42. The van der Waals surface area contributed by atoms with Gasteiger partial charge in [0.2, 0.25) is 0 Å². The lowest BCUT2D eigenvalue weighted by Gasteiger charge is -2.21. The van der Waals surface area contributed by atoms with Crippen LogP contribution in [0.1, 0.15) is 0 Å². The van der Waals surface area contributed by atoms with Crippen molar-refractivity contribution in [1.29, 1.82) is 0 Å². The minimum atomic E-state index is -1.43. The fraction of sp³-hybridized carbons (Fsp3) is 0.739. The molecule has 0 aromatic carbocycles.